The highest BCUT2D eigenvalue weighted by Gasteiger charge is 2.15. The van der Waals surface area contributed by atoms with Crippen molar-refractivity contribution in [2.45, 2.75) is 9.79 Å². The zero-order valence-electron chi connectivity index (χ0n) is 13.9. The van der Waals surface area contributed by atoms with Gasteiger partial charge in [0.2, 0.25) is 10.0 Å². The monoisotopic (exact) mass is 423 g/mol. The minimum Gasteiger partial charge on any atom is -0.478 e. The molecule has 0 aliphatic rings. The Bertz CT molecular complexity index is 1100. The molecule has 0 aliphatic carbocycles. The predicted octanol–water partition coefficient (Wildman–Crippen LogP) is 4.67. The molecule has 0 radical (unpaired) electrons. The molecule has 3 rings (SSSR count). The topological polar surface area (TPSA) is 69.4 Å². The largest absolute Gasteiger partial charge is 0.478 e. The molecule has 4 nitrogen and oxygen atoms in total. The van der Waals surface area contributed by atoms with E-state index in [0.29, 0.717) is 21.8 Å². The van der Waals surface area contributed by atoms with Gasteiger partial charge in [0, 0.05) is 4.90 Å². The molecule has 3 aromatic rings. The van der Waals surface area contributed by atoms with E-state index in [1.807, 2.05) is 24.3 Å². The van der Waals surface area contributed by atoms with Gasteiger partial charge >= 0.3 is 0 Å². The number of hydrogen-bond donors (Lipinski definition) is 2. The third-order valence-electron chi connectivity index (χ3n) is 3.94. The third-order valence-corrected chi connectivity index (χ3v) is 5.36. The minimum absolute atomic E-state index is 0.0518. The Morgan fingerprint density at radius 1 is 1.00 bits per heavy atom. The van der Waals surface area contributed by atoms with E-state index in [9.17, 15) is 12.8 Å². The molecule has 0 saturated heterocycles. The molecule has 8 heteroatoms. The van der Waals surface area contributed by atoms with Crippen molar-refractivity contribution in [3.05, 3.63) is 66.5 Å². The summed E-state index contributed by atoms with van der Waals surface area (Å²) in [6.45, 7) is 0. The highest BCUT2D eigenvalue weighted by Crippen LogP contribution is 2.33. The standard InChI is InChI=1S/C19H15ClFNO3S2/c20-11-25-15-3-1-2-14(8-15)16-6-4-13(10-18(16)26)12-5-7-19(17(21)9-12)27(22,23)24/h1-10,26H,11H2,(H2,22,23,24). The van der Waals surface area contributed by atoms with E-state index >= 15 is 0 Å². The maximum absolute atomic E-state index is 14.1. The van der Waals surface area contributed by atoms with Crippen LogP contribution in [0.5, 0.6) is 5.75 Å². The summed E-state index contributed by atoms with van der Waals surface area (Å²) in [7, 11) is -4.10. The van der Waals surface area contributed by atoms with Gasteiger partial charge in [-0.1, -0.05) is 41.9 Å². The molecule has 0 bridgehead atoms. The van der Waals surface area contributed by atoms with Crippen molar-refractivity contribution >= 4 is 34.3 Å². The number of halogens is 2. The summed E-state index contributed by atoms with van der Waals surface area (Å²) >= 11 is 10.1. The SMILES string of the molecule is NS(=O)(=O)c1ccc(-c2ccc(-c3cccc(OCCl)c3)c(S)c2)cc1F. The van der Waals surface area contributed by atoms with Crippen LogP contribution < -0.4 is 9.88 Å². The molecule has 0 aromatic heterocycles. The average Bonchev–Trinajstić information content (AvgIpc) is 2.61. The lowest BCUT2D eigenvalue weighted by molar-refractivity contribution is 0.388. The van der Waals surface area contributed by atoms with E-state index in [0.717, 1.165) is 23.3 Å². The van der Waals surface area contributed by atoms with Crippen LogP contribution in [-0.2, 0) is 10.0 Å². The molecule has 0 heterocycles. The van der Waals surface area contributed by atoms with Crippen molar-refractivity contribution in [1.29, 1.82) is 0 Å². The molecule has 3 aromatic carbocycles. The van der Waals surface area contributed by atoms with Gasteiger partial charge in [-0.15, -0.1) is 12.6 Å². The van der Waals surface area contributed by atoms with E-state index in [1.54, 1.807) is 18.2 Å². The van der Waals surface area contributed by atoms with Crippen LogP contribution in [0, 0.1) is 5.82 Å². The van der Waals surface area contributed by atoms with Gasteiger partial charge in [0.15, 0.2) is 6.07 Å². The van der Waals surface area contributed by atoms with E-state index in [1.165, 1.54) is 6.07 Å². The van der Waals surface area contributed by atoms with Gasteiger partial charge in [-0.2, -0.15) is 0 Å². The Hall–Kier alpha value is -2.06. The Balaban J connectivity index is 1.98. The second-order valence-electron chi connectivity index (χ2n) is 5.70. The van der Waals surface area contributed by atoms with Crippen LogP contribution in [0.25, 0.3) is 22.3 Å². The summed E-state index contributed by atoms with van der Waals surface area (Å²) in [4.78, 5) is 0.136. The number of thiol groups is 1. The molecule has 0 spiro atoms. The predicted molar refractivity (Wildman–Crippen MR) is 107 cm³/mol. The average molecular weight is 424 g/mol. The van der Waals surface area contributed by atoms with Crippen LogP contribution in [-0.4, -0.2) is 14.5 Å². The summed E-state index contributed by atoms with van der Waals surface area (Å²) in [5, 5.41) is 4.99. The maximum atomic E-state index is 14.1. The molecule has 0 fully saturated rings. The number of benzene rings is 3. The first-order valence-electron chi connectivity index (χ1n) is 7.74. The molecule has 0 aliphatic heterocycles. The summed E-state index contributed by atoms with van der Waals surface area (Å²) in [5.41, 5.74) is 2.96. The number of alkyl halides is 1. The van der Waals surface area contributed by atoms with Crippen molar-refractivity contribution in [2.24, 2.45) is 5.14 Å². The van der Waals surface area contributed by atoms with Crippen molar-refractivity contribution in [3.63, 3.8) is 0 Å². The van der Waals surface area contributed by atoms with Crippen molar-refractivity contribution in [1.82, 2.24) is 0 Å². The minimum atomic E-state index is -4.10. The highest BCUT2D eigenvalue weighted by molar-refractivity contribution is 7.89. The van der Waals surface area contributed by atoms with Gasteiger partial charge in [0.25, 0.3) is 0 Å². The molecular formula is C19H15ClFNO3S2. The van der Waals surface area contributed by atoms with E-state index < -0.39 is 20.7 Å². The molecule has 0 saturated carbocycles. The quantitative estimate of drug-likeness (QED) is 0.462. The second-order valence-corrected chi connectivity index (χ2v) is 7.93. The second kappa shape index (κ2) is 7.90. The summed E-state index contributed by atoms with van der Waals surface area (Å²) in [6.07, 6.45) is 0. The lowest BCUT2D eigenvalue weighted by Crippen LogP contribution is -2.13. The molecular weight excluding hydrogens is 409 g/mol. The fraction of sp³-hybridized carbons (Fsp3) is 0.0526. The number of nitrogens with two attached hydrogens (primary N) is 1. The van der Waals surface area contributed by atoms with Crippen molar-refractivity contribution in [3.8, 4) is 28.0 Å². The zero-order valence-corrected chi connectivity index (χ0v) is 16.4. The molecule has 140 valence electrons. The van der Waals surface area contributed by atoms with Crippen LogP contribution in [0.15, 0.2) is 70.5 Å². The first-order valence-corrected chi connectivity index (χ1v) is 10.3. The Morgan fingerprint density at radius 3 is 2.33 bits per heavy atom. The molecule has 0 unspecified atom stereocenters. The van der Waals surface area contributed by atoms with Crippen molar-refractivity contribution in [2.75, 3.05) is 6.07 Å². The molecule has 27 heavy (non-hydrogen) atoms. The van der Waals surface area contributed by atoms with Crippen LogP contribution in [0.2, 0.25) is 0 Å². The first kappa shape index (κ1) is 19.7. The fourth-order valence-electron chi connectivity index (χ4n) is 2.68. The number of rotatable bonds is 5. The van der Waals surface area contributed by atoms with Gasteiger partial charge in [-0.05, 0) is 52.6 Å². The Morgan fingerprint density at radius 2 is 1.70 bits per heavy atom. The third kappa shape index (κ3) is 4.44. The number of primary sulfonamides is 1. The van der Waals surface area contributed by atoms with Crippen LogP contribution >= 0.6 is 24.2 Å². The first-order chi connectivity index (χ1) is 12.8. The maximum Gasteiger partial charge on any atom is 0.240 e. The van der Waals surface area contributed by atoms with Gasteiger partial charge in [0.05, 0.1) is 0 Å². The van der Waals surface area contributed by atoms with Gasteiger partial charge < -0.3 is 4.74 Å². The van der Waals surface area contributed by atoms with Crippen LogP contribution in [0.3, 0.4) is 0 Å². The molecule has 0 amide bonds. The van der Waals surface area contributed by atoms with Gasteiger partial charge in [-0.3, -0.25) is 0 Å². The molecule has 0 atom stereocenters. The fourth-order valence-corrected chi connectivity index (χ4v) is 3.74. The lowest BCUT2D eigenvalue weighted by Gasteiger charge is -2.11. The molecule has 2 N–H and O–H groups in total. The Labute approximate surface area is 167 Å². The number of hydrogen-bond acceptors (Lipinski definition) is 4. The van der Waals surface area contributed by atoms with Crippen LogP contribution in [0.1, 0.15) is 0 Å². The van der Waals surface area contributed by atoms with E-state index in [2.05, 4.69) is 12.6 Å². The normalized spacial score (nSPS) is 11.4. The zero-order chi connectivity index (χ0) is 19.6. The number of sulfonamides is 1. The van der Waals surface area contributed by atoms with E-state index in [-0.39, 0.29) is 6.07 Å². The summed E-state index contributed by atoms with van der Waals surface area (Å²) in [5.74, 6) is -0.259. The van der Waals surface area contributed by atoms with Gasteiger partial charge in [-0.25, -0.2) is 17.9 Å². The smallest absolute Gasteiger partial charge is 0.240 e. The summed E-state index contributed by atoms with van der Waals surface area (Å²) < 4.78 is 42.1. The van der Waals surface area contributed by atoms with Gasteiger partial charge in [0.1, 0.15) is 16.5 Å². The summed E-state index contributed by atoms with van der Waals surface area (Å²) in [6, 6.07) is 16.7. The Kier molecular flexibility index (Phi) is 5.76. The van der Waals surface area contributed by atoms with Crippen LogP contribution in [0.4, 0.5) is 4.39 Å². The van der Waals surface area contributed by atoms with Crippen molar-refractivity contribution < 1.29 is 17.5 Å². The van der Waals surface area contributed by atoms with E-state index in [4.69, 9.17) is 21.5 Å². The lowest BCUT2D eigenvalue weighted by atomic mass is 10.00. The highest BCUT2D eigenvalue weighted by atomic mass is 35.5. The number of ether oxygens (including phenoxy) is 1.